The van der Waals surface area contributed by atoms with Gasteiger partial charge >= 0.3 is 12.1 Å². The number of alkyl halides is 3. The third-order valence-corrected chi connectivity index (χ3v) is 6.23. The number of halogens is 3. The van der Waals surface area contributed by atoms with E-state index >= 15 is 0 Å². The van der Waals surface area contributed by atoms with E-state index in [4.69, 9.17) is 9.90 Å². The number of carboxylic acid groups (broad SMARTS) is 1. The fraction of sp³-hybridized carbons (Fsp3) is 0.348. The first-order valence-corrected chi connectivity index (χ1v) is 11.3. The molecule has 38 heavy (non-hydrogen) atoms. The molecule has 3 aromatic rings. The van der Waals surface area contributed by atoms with E-state index in [1.54, 1.807) is 17.1 Å². The second-order valence-electron chi connectivity index (χ2n) is 8.74. The van der Waals surface area contributed by atoms with Crippen LogP contribution in [0.5, 0.6) is 0 Å². The van der Waals surface area contributed by atoms with Crippen molar-refractivity contribution < 1.29 is 37.5 Å². The molecule has 1 aromatic carbocycles. The number of carbonyl (C=O) groups is 4. The average Bonchev–Trinajstić information content (AvgIpc) is 3.53. The Balaban J connectivity index is 0.000000426. The third-order valence-electron chi connectivity index (χ3n) is 6.23. The van der Waals surface area contributed by atoms with Gasteiger partial charge < -0.3 is 14.6 Å². The minimum atomic E-state index is -5.08. The standard InChI is InChI=1S/C21H21N7O3.C2HF3O2/c1-12-13(2)26(11-22-12)9-15-10-28(25-24-15)16-3-4-17-14(7-16)8-27(21(17)31)18-5-6-19(29)23-20(18)30;3-2(4,5)1(6)7/h3-4,7,10-11,18H,5-6,8-9H2,1-2H3,(H,23,29,30);(H,6,7). The topological polar surface area (TPSA) is 152 Å². The highest BCUT2D eigenvalue weighted by Crippen LogP contribution is 2.29. The highest BCUT2D eigenvalue weighted by atomic mass is 19.4. The van der Waals surface area contributed by atoms with Crippen LogP contribution in [-0.2, 0) is 27.5 Å². The summed E-state index contributed by atoms with van der Waals surface area (Å²) in [4.78, 5) is 51.2. The summed E-state index contributed by atoms with van der Waals surface area (Å²) in [6.45, 7) is 4.87. The monoisotopic (exact) mass is 533 g/mol. The molecule has 2 aromatic heterocycles. The Labute approximate surface area is 213 Å². The van der Waals surface area contributed by atoms with Gasteiger partial charge in [-0.25, -0.2) is 14.5 Å². The molecule has 12 nitrogen and oxygen atoms in total. The van der Waals surface area contributed by atoms with Crippen molar-refractivity contribution in [3.05, 3.63) is 58.9 Å². The summed E-state index contributed by atoms with van der Waals surface area (Å²) in [5.74, 6) is -3.66. The van der Waals surface area contributed by atoms with E-state index < -0.39 is 24.1 Å². The van der Waals surface area contributed by atoms with Gasteiger partial charge in [0.25, 0.3) is 5.91 Å². The minimum absolute atomic E-state index is 0.193. The van der Waals surface area contributed by atoms with E-state index in [2.05, 4.69) is 20.6 Å². The number of nitrogens with zero attached hydrogens (tertiary/aromatic N) is 6. The highest BCUT2D eigenvalue weighted by Gasteiger charge is 2.39. The first-order chi connectivity index (χ1) is 17.8. The molecule has 4 heterocycles. The number of aryl methyl sites for hydroxylation is 1. The summed E-state index contributed by atoms with van der Waals surface area (Å²) in [6, 6.07) is 4.84. The van der Waals surface area contributed by atoms with Gasteiger partial charge in [0, 0.05) is 24.2 Å². The number of imidazole rings is 1. The van der Waals surface area contributed by atoms with Gasteiger partial charge in [-0.15, -0.1) is 5.10 Å². The Morgan fingerprint density at radius 2 is 1.92 bits per heavy atom. The molecular formula is C23H22F3N7O5. The van der Waals surface area contributed by atoms with Crippen molar-refractivity contribution in [3.63, 3.8) is 0 Å². The molecule has 3 amide bonds. The molecule has 0 radical (unpaired) electrons. The maximum absolute atomic E-state index is 12.8. The smallest absolute Gasteiger partial charge is 0.475 e. The lowest BCUT2D eigenvalue weighted by atomic mass is 10.0. The fourth-order valence-corrected chi connectivity index (χ4v) is 4.08. The lowest BCUT2D eigenvalue weighted by Crippen LogP contribution is -2.52. The van der Waals surface area contributed by atoms with Crippen molar-refractivity contribution in [2.75, 3.05) is 0 Å². The number of aliphatic carboxylic acids is 1. The van der Waals surface area contributed by atoms with Gasteiger partial charge in [-0.05, 0) is 44.0 Å². The van der Waals surface area contributed by atoms with Crippen LogP contribution in [0.2, 0.25) is 0 Å². The number of rotatable bonds is 4. The normalized spacial score (nSPS) is 17.1. The Morgan fingerprint density at radius 3 is 2.53 bits per heavy atom. The zero-order chi connectivity index (χ0) is 27.8. The van der Waals surface area contributed by atoms with Gasteiger partial charge in [-0.1, -0.05) is 5.21 Å². The number of carbonyl (C=O) groups excluding carboxylic acids is 3. The molecule has 15 heteroatoms. The van der Waals surface area contributed by atoms with Crippen LogP contribution >= 0.6 is 0 Å². The molecule has 2 aliphatic heterocycles. The Hall–Kier alpha value is -4.56. The summed E-state index contributed by atoms with van der Waals surface area (Å²) in [7, 11) is 0. The summed E-state index contributed by atoms with van der Waals surface area (Å²) >= 11 is 0. The van der Waals surface area contributed by atoms with Crippen LogP contribution in [0.15, 0.2) is 30.7 Å². The largest absolute Gasteiger partial charge is 0.490 e. The number of amides is 3. The zero-order valence-corrected chi connectivity index (χ0v) is 20.2. The second kappa shape index (κ2) is 10.1. The summed E-state index contributed by atoms with van der Waals surface area (Å²) in [5.41, 5.74) is 5.04. The maximum Gasteiger partial charge on any atom is 0.490 e. The Kier molecular flexibility index (Phi) is 7.02. The molecule has 0 spiro atoms. The van der Waals surface area contributed by atoms with E-state index in [1.807, 2.05) is 36.7 Å². The van der Waals surface area contributed by atoms with Gasteiger partial charge in [-0.3, -0.25) is 19.7 Å². The quantitative estimate of drug-likeness (QED) is 0.479. The van der Waals surface area contributed by atoms with Crippen molar-refractivity contribution in [2.24, 2.45) is 0 Å². The van der Waals surface area contributed by atoms with Gasteiger partial charge in [0.2, 0.25) is 11.8 Å². The molecule has 5 rings (SSSR count). The van der Waals surface area contributed by atoms with Crippen molar-refractivity contribution in [2.45, 2.75) is 52.0 Å². The van der Waals surface area contributed by atoms with Crippen LogP contribution in [-0.4, -0.2) is 70.5 Å². The second-order valence-corrected chi connectivity index (χ2v) is 8.74. The number of benzene rings is 1. The van der Waals surface area contributed by atoms with E-state index in [9.17, 15) is 27.6 Å². The van der Waals surface area contributed by atoms with Crippen LogP contribution in [0.4, 0.5) is 13.2 Å². The van der Waals surface area contributed by atoms with Crippen LogP contribution in [0.3, 0.4) is 0 Å². The summed E-state index contributed by atoms with van der Waals surface area (Å²) < 4.78 is 35.4. The number of aromatic nitrogens is 5. The average molecular weight is 533 g/mol. The van der Waals surface area contributed by atoms with Gasteiger partial charge in [0.05, 0.1) is 30.5 Å². The minimum Gasteiger partial charge on any atom is -0.475 e. The Morgan fingerprint density at radius 1 is 1.21 bits per heavy atom. The molecule has 1 unspecified atom stereocenters. The first kappa shape index (κ1) is 26.5. The maximum atomic E-state index is 12.8. The van der Waals surface area contributed by atoms with Crippen LogP contribution in [0.1, 0.15) is 45.8 Å². The zero-order valence-electron chi connectivity index (χ0n) is 20.2. The number of nitrogens with one attached hydrogen (secondary N) is 1. The molecule has 0 saturated carbocycles. The number of hydrogen-bond acceptors (Lipinski definition) is 7. The van der Waals surface area contributed by atoms with Crippen molar-refractivity contribution >= 4 is 23.7 Å². The predicted octanol–water partition coefficient (Wildman–Crippen LogP) is 1.52. The highest BCUT2D eigenvalue weighted by molar-refractivity contribution is 6.05. The molecule has 1 atom stereocenters. The number of imide groups is 1. The van der Waals surface area contributed by atoms with Crippen molar-refractivity contribution in [1.29, 1.82) is 0 Å². The number of hydrogen-bond donors (Lipinski definition) is 2. The lowest BCUT2D eigenvalue weighted by molar-refractivity contribution is -0.192. The third kappa shape index (κ3) is 5.40. The molecule has 1 fully saturated rings. The van der Waals surface area contributed by atoms with Crippen LogP contribution in [0.25, 0.3) is 5.69 Å². The molecule has 200 valence electrons. The molecule has 2 aliphatic rings. The molecule has 0 bridgehead atoms. The lowest BCUT2D eigenvalue weighted by Gasteiger charge is -2.29. The van der Waals surface area contributed by atoms with Crippen LogP contribution < -0.4 is 5.32 Å². The van der Waals surface area contributed by atoms with Crippen molar-refractivity contribution in [1.82, 2.24) is 34.8 Å². The number of fused-ring (bicyclic) bond motifs is 1. The van der Waals surface area contributed by atoms with E-state index in [0.29, 0.717) is 25.1 Å². The van der Waals surface area contributed by atoms with Gasteiger partial charge in [0.15, 0.2) is 0 Å². The SMILES string of the molecule is Cc1ncn(Cc2cn(-c3ccc4c(c3)CN(C3CCC(=O)NC3=O)C4=O)nn2)c1C.O=C(O)C(F)(F)F. The predicted molar refractivity (Wildman–Crippen MR) is 122 cm³/mol. The van der Waals surface area contributed by atoms with E-state index in [0.717, 1.165) is 28.3 Å². The van der Waals surface area contributed by atoms with Gasteiger partial charge in [-0.2, -0.15) is 13.2 Å². The van der Waals surface area contributed by atoms with E-state index in [1.165, 1.54) is 4.90 Å². The Bertz CT molecular complexity index is 1430. The number of piperidine rings is 1. The van der Waals surface area contributed by atoms with Crippen molar-refractivity contribution in [3.8, 4) is 5.69 Å². The number of carboxylic acids is 1. The van der Waals surface area contributed by atoms with Crippen LogP contribution in [0, 0.1) is 13.8 Å². The molecule has 2 N–H and O–H groups in total. The summed E-state index contributed by atoms with van der Waals surface area (Å²) in [5, 5.41) is 17.9. The molecular weight excluding hydrogens is 511 g/mol. The van der Waals surface area contributed by atoms with Gasteiger partial charge in [0.1, 0.15) is 11.7 Å². The molecule has 1 saturated heterocycles. The summed E-state index contributed by atoms with van der Waals surface area (Å²) in [6.07, 6.45) is -0.865. The first-order valence-electron chi connectivity index (χ1n) is 11.3. The molecule has 0 aliphatic carbocycles. The van der Waals surface area contributed by atoms with E-state index in [-0.39, 0.29) is 18.2 Å². The fourth-order valence-electron chi connectivity index (χ4n) is 4.08.